The van der Waals surface area contributed by atoms with Crippen molar-refractivity contribution in [2.45, 2.75) is 13.0 Å². The Kier molecular flexibility index (Phi) is 4.17. The lowest BCUT2D eigenvalue weighted by molar-refractivity contribution is 0.483. The van der Waals surface area contributed by atoms with Crippen molar-refractivity contribution in [1.82, 2.24) is 4.98 Å². The van der Waals surface area contributed by atoms with Crippen LogP contribution in [-0.4, -0.2) is 4.98 Å². The lowest BCUT2D eigenvalue weighted by Gasteiger charge is -2.13. The minimum Gasteiger partial charge on any atom is -0.457 e. The predicted octanol–water partition coefficient (Wildman–Crippen LogP) is 5.11. The van der Waals surface area contributed by atoms with Gasteiger partial charge in [0, 0.05) is 17.3 Å². The maximum absolute atomic E-state index is 5.77. The number of ether oxygens (including phenoxy) is 1. The van der Waals surface area contributed by atoms with Crippen LogP contribution in [-0.2, 0) is 0 Å². The van der Waals surface area contributed by atoms with Crippen LogP contribution < -0.4 is 10.1 Å². The highest BCUT2D eigenvalue weighted by Gasteiger charge is 2.07. The minimum absolute atomic E-state index is 0.200. The third-order valence-electron chi connectivity index (χ3n) is 3.04. The number of anilines is 1. The van der Waals surface area contributed by atoms with E-state index in [0.717, 1.165) is 22.2 Å². The average Bonchev–Trinajstić information content (AvgIpc) is 3.05. The molecule has 106 valence electrons. The molecule has 3 rings (SSSR count). The van der Waals surface area contributed by atoms with E-state index in [9.17, 15) is 0 Å². The second-order valence-corrected chi connectivity index (χ2v) is 5.60. The molecular weight excluding hydrogens is 280 g/mol. The number of thiazole rings is 1. The van der Waals surface area contributed by atoms with Crippen LogP contribution in [0.5, 0.6) is 11.5 Å². The summed E-state index contributed by atoms with van der Waals surface area (Å²) in [5.74, 6) is 1.67. The molecule has 1 aromatic heterocycles. The van der Waals surface area contributed by atoms with Gasteiger partial charge < -0.3 is 10.1 Å². The van der Waals surface area contributed by atoms with Gasteiger partial charge in [0.1, 0.15) is 16.5 Å². The van der Waals surface area contributed by atoms with Gasteiger partial charge in [-0.3, -0.25) is 0 Å². The molecule has 0 spiro atoms. The molecule has 2 aromatic carbocycles. The van der Waals surface area contributed by atoms with Gasteiger partial charge >= 0.3 is 0 Å². The summed E-state index contributed by atoms with van der Waals surface area (Å²) in [4.78, 5) is 4.32. The maximum Gasteiger partial charge on any atom is 0.127 e. The first kappa shape index (κ1) is 13.6. The van der Waals surface area contributed by atoms with Gasteiger partial charge in [0.25, 0.3) is 0 Å². The van der Waals surface area contributed by atoms with E-state index in [0.29, 0.717) is 0 Å². The van der Waals surface area contributed by atoms with Gasteiger partial charge in [-0.05, 0) is 43.3 Å². The zero-order valence-corrected chi connectivity index (χ0v) is 12.5. The number of hydrogen-bond acceptors (Lipinski definition) is 4. The first-order valence-electron chi connectivity index (χ1n) is 6.80. The standard InChI is InChI=1S/C17H16N2OS/c1-13(17-18-11-12-21-17)19-14-7-9-16(10-8-14)20-15-5-3-2-4-6-15/h2-13,19H,1H3. The normalized spacial score (nSPS) is 11.9. The van der Waals surface area contributed by atoms with Crippen LogP contribution in [0.2, 0.25) is 0 Å². The van der Waals surface area contributed by atoms with Crippen LogP contribution in [0.25, 0.3) is 0 Å². The van der Waals surface area contributed by atoms with Crippen LogP contribution in [0, 0.1) is 0 Å². The van der Waals surface area contributed by atoms with Gasteiger partial charge in [0.05, 0.1) is 6.04 Å². The van der Waals surface area contributed by atoms with Crippen molar-refractivity contribution < 1.29 is 4.74 Å². The summed E-state index contributed by atoms with van der Waals surface area (Å²) in [6.07, 6.45) is 1.83. The molecule has 0 saturated carbocycles. The molecular formula is C17H16N2OS. The Balaban J connectivity index is 1.64. The summed E-state index contributed by atoms with van der Waals surface area (Å²) < 4.78 is 5.77. The van der Waals surface area contributed by atoms with Crippen LogP contribution >= 0.6 is 11.3 Å². The molecule has 0 bridgehead atoms. The second-order valence-electron chi connectivity index (χ2n) is 4.68. The highest BCUT2D eigenvalue weighted by atomic mass is 32.1. The number of nitrogens with one attached hydrogen (secondary N) is 1. The van der Waals surface area contributed by atoms with Gasteiger partial charge in [-0.25, -0.2) is 4.98 Å². The monoisotopic (exact) mass is 296 g/mol. The first-order chi connectivity index (χ1) is 10.3. The van der Waals surface area contributed by atoms with E-state index >= 15 is 0 Å². The van der Waals surface area contributed by atoms with E-state index in [-0.39, 0.29) is 6.04 Å². The summed E-state index contributed by atoms with van der Waals surface area (Å²) >= 11 is 1.66. The molecule has 0 radical (unpaired) electrons. The predicted molar refractivity (Wildman–Crippen MR) is 87.1 cm³/mol. The molecule has 21 heavy (non-hydrogen) atoms. The van der Waals surface area contributed by atoms with Crippen molar-refractivity contribution in [3.63, 3.8) is 0 Å². The lowest BCUT2D eigenvalue weighted by Crippen LogP contribution is -2.05. The van der Waals surface area contributed by atoms with Crippen LogP contribution in [0.3, 0.4) is 0 Å². The summed E-state index contributed by atoms with van der Waals surface area (Å²) in [5.41, 5.74) is 1.05. The second kappa shape index (κ2) is 6.41. The highest BCUT2D eigenvalue weighted by Crippen LogP contribution is 2.25. The highest BCUT2D eigenvalue weighted by molar-refractivity contribution is 7.09. The Labute approximate surface area is 128 Å². The van der Waals surface area contributed by atoms with E-state index in [1.54, 1.807) is 11.3 Å². The summed E-state index contributed by atoms with van der Waals surface area (Å²) in [6.45, 7) is 2.10. The van der Waals surface area contributed by atoms with E-state index in [1.807, 2.05) is 66.2 Å². The molecule has 0 amide bonds. The maximum atomic E-state index is 5.77. The first-order valence-corrected chi connectivity index (χ1v) is 7.68. The fraction of sp³-hybridized carbons (Fsp3) is 0.118. The van der Waals surface area contributed by atoms with Gasteiger partial charge in [-0.15, -0.1) is 11.3 Å². The SMILES string of the molecule is CC(Nc1ccc(Oc2ccccc2)cc1)c1nccs1. The third kappa shape index (κ3) is 3.61. The van der Waals surface area contributed by atoms with Gasteiger partial charge in [-0.2, -0.15) is 0 Å². The molecule has 1 unspecified atom stereocenters. The molecule has 1 atom stereocenters. The molecule has 3 nitrogen and oxygen atoms in total. The summed E-state index contributed by atoms with van der Waals surface area (Å²) in [6, 6.07) is 17.9. The quantitative estimate of drug-likeness (QED) is 0.710. The fourth-order valence-corrected chi connectivity index (χ4v) is 2.65. The molecule has 0 fully saturated rings. The van der Waals surface area contributed by atoms with Crippen LogP contribution in [0.4, 0.5) is 5.69 Å². The van der Waals surface area contributed by atoms with Crippen LogP contribution in [0.15, 0.2) is 66.2 Å². The third-order valence-corrected chi connectivity index (χ3v) is 4.00. The molecule has 1 N–H and O–H groups in total. The number of aromatic nitrogens is 1. The van der Waals surface area contributed by atoms with Crippen molar-refractivity contribution in [2.24, 2.45) is 0 Å². The van der Waals surface area contributed by atoms with Crippen molar-refractivity contribution in [2.75, 3.05) is 5.32 Å². The average molecular weight is 296 g/mol. The van der Waals surface area contributed by atoms with E-state index in [4.69, 9.17) is 4.74 Å². The number of benzene rings is 2. The molecule has 4 heteroatoms. The minimum atomic E-state index is 0.200. The van der Waals surface area contributed by atoms with Crippen LogP contribution in [0.1, 0.15) is 18.0 Å². The van der Waals surface area contributed by atoms with E-state index in [1.165, 1.54) is 0 Å². The largest absolute Gasteiger partial charge is 0.457 e. The van der Waals surface area contributed by atoms with E-state index in [2.05, 4.69) is 17.2 Å². The topological polar surface area (TPSA) is 34.1 Å². The Morgan fingerprint density at radius 1 is 1.00 bits per heavy atom. The Bertz CT molecular complexity index is 666. The fourth-order valence-electron chi connectivity index (χ4n) is 2.00. The molecule has 0 aliphatic carbocycles. The number of para-hydroxylation sites is 1. The van der Waals surface area contributed by atoms with Crippen molar-refractivity contribution in [3.05, 3.63) is 71.2 Å². The zero-order valence-electron chi connectivity index (χ0n) is 11.7. The van der Waals surface area contributed by atoms with Crippen molar-refractivity contribution in [3.8, 4) is 11.5 Å². The Morgan fingerprint density at radius 2 is 1.71 bits per heavy atom. The zero-order chi connectivity index (χ0) is 14.5. The molecule has 3 aromatic rings. The molecule has 0 aliphatic rings. The molecule has 0 saturated heterocycles. The van der Waals surface area contributed by atoms with Gasteiger partial charge in [-0.1, -0.05) is 18.2 Å². The summed E-state index contributed by atoms with van der Waals surface area (Å²) in [5, 5.41) is 6.50. The number of nitrogens with zero attached hydrogens (tertiary/aromatic N) is 1. The van der Waals surface area contributed by atoms with Crippen molar-refractivity contribution in [1.29, 1.82) is 0 Å². The Hall–Kier alpha value is -2.33. The van der Waals surface area contributed by atoms with Crippen molar-refractivity contribution >= 4 is 17.0 Å². The van der Waals surface area contributed by atoms with Gasteiger partial charge in [0.15, 0.2) is 0 Å². The smallest absolute Gasteiger partial charge is 0.127 e. The molecule has 1 heterocycles. The van der Waals surface area contributed by atoms with Gasteiger partial charge in [0.2, 0.25) is 0 Å². The Morgan fingerprint density at radius 3 is 2.38 bits per heavy atom. The number of rotatable bonds is 5. The lowest BCUT2D eigenvalue weighted by atomic mass is 10.2. The summed E-state index contributed by atoms with van der Waals surface area (Å²) in [7, 11) is 0. The number of hydrogen-bond donors (Lipinski definition) is 1. The molecule has 0 aliphatic heterocycles. The van der Waals surface area contributed by atoms with E-state index < -0.39 is 0 Å².